The molecule has 2 amide bonds. The maximum Gasteiger partial charge on any atom is 0.327 e. The molecule has 0 fully saturated rings. The van der Waals surface area contributed by atoms with E-state index in [1.165, 1.54) is 9.80 Å². The van der Waals surface area contributed by atoms with Crippen molar-refractivity contribution in [2.24, 2.45) is 0 Å². The normalized spacial score (nSPS) is 16.9. The molecule has 6 nitrogen and oxygen atoms in total. The Labute approximate surface area is 117 Å². The van der Waals surface area contributed by atoms with E-state index in [0.29, 0.717) is 18.7 Å². The second kappa shape index (κ2) is 5.92. The number of para-hydroxylation sites is 1. The Kier molecular flexibility index (Phi) is 4.24. The zero-order chi connectivity index (χ0) is 14.7. The van der Waals surface area contributed by atoms with Gasteiger partial charge >= 0.3 is 12.0 Å². The van der Waals surface area contributed by atoms with Crippen molar-refractivity contribution in [1.29, 1.82) is 0 Å². The summed E-state index contributed by atoms with van der Waals surface area (Å²) in [7, 11) is 0. The number of carbonyl (C=O) groups is 2. The molecule has 1 aromatic rings. The van der Waals surface area contributed by atoms with Crippen molar-refractivity contribution in [3.05, 3.63) is 29.8 Å². The number of benzene rings is 1. The molecule has 108 valence electrons. The summed E-state index contributed by atoms with van der Waals surface area (Å²) in [6.07, 6.45) is 0.313. The van der Waals surface area contributed by atoms with Gasteiger partial charge in [0.2, 0.25) is 0 Å². The topological polar surface area (TPSA) is 81.1 Å². The highest BCUT2D eigenvalue weighted by Crippen LogP contribution is 2.33. The van der Waals surface area contributed by atoms with Crippen LogP contribution in [0.2, 0.25) is 0 Å². The number of rotatable bonds is 4. The zero-order valence-electron chi connectivity index (χ0n) is 11.3. The summed E-state index contributed by atoms with van der Waals surface area (Å²) in [5, 5.41) is 18.3. The molecule has 1 aliphatic heterocycles. The van der Waals surface area contributed by atoms with Crippen LogP contribution in [0.25, 0.3) is 0 Å². The summed E-state index contributed by atoms with van der Waals surface area (Å²) in [4.78, 5) is 26.7. The minimum absolute atomic E-state index is 0.146. The standard InChI is InChI=1S/C14H18N2O4/c1-2-15(7-8-17)14(20)16-11-6-4-3-5-10(11)9-12(16)13(18)19/h3-6,12,17H,2,7-9H2,1H3,(H,18,19). The third-order valence-electron chi connectivity index (χ3n) is 3.49. The third-order valence-corrected chi connectivity index (χ3v) is 3.49. The number of aliphatic hydroxyl groups is 1. The van der Waals surface area contributed by atoms with E-state index in [-0.39, 0.29) is 19.2 Å². The molecule has 1 aliphatic rings. The van der Waals surface area contributed by atoms with Crippen LogP contribution >= 0.6 is 0 Å². The second-order valence-electron chi connectivity index (χ2n) is 4.64. The first-order chi connectivity index (χ1) is 9.60. The van der Waals surface area contributed by atoms with Gasteiger partial charge in [-0.2, -0.15) is 0 Å². The number of anilines is 1. The molecule has 2 rings (SSSR count). The zero-order valence-corrected chi connectivity index (χ0v) is 11.3. The van der Waals surface area contributed by atoms with Crippen LogP contribution in [-0.4, -0.2) is 52.9 Å². The molecule has 0 bridgehead atoms. The Morgan fingerprint density at radius 2 is 2.10 bits per heavy atom. The Morgan fingerprint density at radius 3 is 2.70 bits per heavy atom. The third kappa shape index (κ3) is 2.46. The molecule has 1 aromatic carbocycles. The van der Waals surface area contributed by atoms with Crippen molar-refractivity contribution in [3.63, 3.8) is 0 Å². The van der Waals surface area contributed by atoms with E-state index < -0.39 is 12.0 Å². The van der Waals surface area contributed by atoms with Gasteiger partial charge in [-0.25, -0.2) is 9.59 Å². The summed E-state index contributed by atoms with van der Waals surface area (Å²) in [6, 6.07) is 5.94. The van der Waals surface area contributed by atoms with E-state index in [2.05, 4.69) is 0 Å². The monoisotopic (exact) mass is 278 g/mol. The molecular weight excluding hydrogens is 260 g/mol. The van der Waals surface area contributed by atoms with Gasteiger partial charge in [0, 0.05) is 25.2 Å². The number of amides is 2. The average Bonchev–Trinajstić information content (AvgIpc) is 2.83. The quantitative estimate of drug-likeness (QED) is 0.858. The Balaban J connectivity index is 2.35. The molecule has 1 atom stereocenters. The van der Waals surface area contributed by atoms with Gasteiger partial charge in [-0.3, -0.25) is 4.90 Å². The number of carboxylic acid groups (broad SMARTS) is 1. The molecule has 0 saturated carbocycles. The number of hydrogen-bond acceptors (Lipinski definition) is 3. The van der Waals surface area contributed by atoms with E-state index in [0.717, 1.165) is 5.56 Å². The summed E-state index contributed by atoms with van der Waals surface area (Å²) in [5.74, 6) is -1.02. The molecule has 20 heavy (non-hydrogen) atoms. The number of urea groups is 1. The molecule has 1 heterocycles. The van der Waals surface area contributed by atoms with Crippen LogP contribution < -0.4 is 4.90 Å². The lowest BCUT2D eigenvalue weighted by atomic mass is 10.1. The van der Waals surface area contributed by atoms with Crippen LogP contribution in [0, 0.1) is 0 Å². The van der Waals surface area contributed by atoms with Gasteiger partial charge in [-0.15, -0.1) is 0 Å². The number of nitrogens with zero attached hydrogens (tertiary/aromatic N) is 2. The highest BCUT2D eigenvalue weighted by Gasteiger charge is 2.39. The van der Waals surface area contributed by atoms with Crippen molar-refractivity contribution in [1.82, 2.24) is 4.90 Å². The van der Waals surface area contributed by atoms with E-state index in [9.17, 15) is 14.7 Å². The van der Waals surface area contributed by atoms with Gasteiger partial charge in [0.05, 0.1) is 6.61 Å². The number of hydrogen-bond donors (Lipinski definition) is 2. The van der Waals surface area contributed by atoms with E-state index in [1.807, 2.05) is 12.1 Å². The maximum absolute atomic E-state index is 12.5. The number of likely N-dealkylation sites (N-methyl/N-ethyl adjacent to an activating group) is 1. The first-order valence-corrected chi connectivity index (χ1v) is 6.59. The van der Waals surface area contributed by atoms with E-state index in [4.69, 9.17) is 5.11 Å². The minimum atomic E-state index is -1.02. The largest absolute Gasteiger partial charge is 0.480 e. The average molecular weight is 278 g/mol. The smallest absolute Gasteiger partial charge is 0.327 e. The van der Waals surface area contributed by atoms with Crippen molar-refractivity contribution >= 4 is 17.7 Å². The van der Waals surface area contributed by atoms with Gasteiger partial charge in [0.25, 0.3) is 0 Å². The molecule has 0 aliphatic carbocycles. The molecule has 1 unspecified atom stereocenters. The number of aliphatic carboxylic acids is 1. The minimum Gasteiger partial charge on any atom is -0.480 e. The van der Waals surface area contributed by atoms with Gasteiger partial charge in [0.1, 0.15) is 6.04 Å². The highest BCUT2D eigenvalue weighted by molar-refractivity contribution is 6.01. The van der Waals surface area contributed by atoms with Gasteiger partial charge in [-0.05, 0) is 18.6 Å². The Morgan fingerprint density at radius 1 is 1.40 bits per heavy atom. The SMILES string of the molecule is CCN(CCO)C(=O)N1c2ccccc2CC1C(=O)O. The van der Waals surface area contributed by atoms with Gasteiger partial charge in [0.15, 0.2) is 0 Å². The van der Waals surface area contributed by atoms with Crippen molar-refractivity contribution < 1.29 is 19.8 Å². The number of carboxylic acids is 1. The maximum atomic E-state index is 12.5. The number of carbonyl (C=O) groups excluding carboxylic acids is 1. The Hall–Kier alpha value is -2.08. The molecule has 0 saturated heterocycles. The fourth-order valence-electron chi connectivity index (χ4n) is 2.48. The summed E-state index contributed by atoms with van der Waals surface area (Å²) < 4.78 is 0. The fourth-order valence-corrected chi connectivity index (χ4v) is 2.48. The predicted molar refractivity (Wildman–Crippen MR) is 73.8 cm³/mol. The summed E-state index contributed by atoms with van der Waals surface area (Å²) >= 11 is 0. The Bertz CT molecular complexity index is 518. The lowest BCUT2D eigenvalue weighted by molar-refractivity contribution is -0.138. The van der Waals surface area contributed by atoms with Crippen molar-refractivity contribution in [2.45, 2.75) is 19.4 Å². The van der Waals surface area contributed by atoms with Crippen LogP contribution in [0.1, 0.15) is 12.5 Å². The van der Waals surface area contributed by atoms with Crippen LogP contribution in [0.5, 0.6) is 0 Å². The van der Waals surface area contributed by atoms with Crippen LogP contribution in [0.15, 0.2) is 24.3 Å². The summed E-state index contributed by atoms with van der Waals surface area (Å²) in [5.41, 5.74) is 1.49. The van der Waals surface area contributed by atoms with Gasteiger partial charge in [-0.1, -0.05) is 18.2 Å². The first kappa shape index (κ1) is 14.3. The summed E-state index contributed by atoms with van der Waals surface area (Å²) in [6.45, 7) is 2.27. The number of fused-ring (bicyclic) bond motifs is 1. The molecular formula is C14H18N2O4. The molecule has 0 spiro atoms. The predicted octanol–water partition coefficient (Wildman–Crippen LogP) is 0.937. The lowest BCUT2D eigenvalue weighted by Crippen LogP contribution is -2.50. The fraction of sp³-hybridized carbons (Fsp3) is 0.429. The number of aliphatic hydroxyl groups excluding tert-OH is 1. The molecule has 0 radical (unpaired) electrons. The molecule has 2 N–H and O–H groups in total. The highest BCUT2D eigenvalue weighted by atomic mass is 16.4. The lowest BCUT2D eigenvalue weighted by Gasteiger charge is -2.29. The van der Waals surface area contributed by atoms with Gasteiger partial charge < -0.3 is 15.1 Å². The van der Waals surface area contributed by atoms with Crippen LogP contribution in [0.3, 0.4) is 0 Å². The van der Waals surface area contributed by atoms with Crippen LogP contribution in [-0.2, 0) is 11.2 Å². The van der Waals surface area contributed by atoms with E-state index >= 15 is 0 Å². The van der Waals surface area contributed by atoms with Crippen molar-refractivity contribution in [2.75, 3.05) is 24.6 Å². The van der Waals surface area contributed by atoms with Crippen LogP contribution in [0.4, 0.5) is 10.5 Å². The first-order valence-electron chi connectivity index (χ1n) is 6.59. The van der Waals surface area contributed by atoms with E-state index in [1.54, 1.807) is 19.1 Å². The molecule has 6 heteroatoms. The molecule has 0 aromatic heterocycles. The second-order valence-corrected chi connectivity index (χ2v) is 4.64. The van der Waals surface area contributed by atoms with Crippen molar-refractivity contribution in [3.8, 4) is 0 Å².